The summed E-state index contributed by atoms with van der Waals surface area (Å²) in [6.45, 7) is 5.50. The summed E-state index contributed by atoms with van der Waals surface area (Å²) in [7, 11) is -3.07. The number of hydrogen-bond donors (Lipinski definition) is 3. The molecule has 0 aromatic heterocycles. The lowest BCUT2D eigenvalue weighted by atomic mass is 9.60. The number of hydrogen-bond acceptors (Lipinski definition) is 4. The van der Waals surface area contributed by atoms with Gasteiger partial charge in [0.25, 0.3) is 0 Å². The van der Waals surface area contributed by atoms with Gasteiger partial charge in [-0.05, 0) is 81.0 Å². The predicted octanol–water partition coefficient (Wildman–Crippen LogP) is 4.71. The first-order valence-electron chi connectivity index (χ1n) is 12.8. The minimum atomic E-state index is -3.07. The van der Waals surface area contributed by atoms with E-state index in [0.29, 0.717) is 43.1 Å². The van der Waals surface area contributed by atoms with Gasteiger partial charge in [0.05, 0.1) is 18.5 Å². The van der Waals surface area contributed by atoms with E-state index in [1.54, 1.807) is 5.57 Å². The minimum absolute atomic E-state index is 0.380. The third-order valence-electron chi connectivity index (χ3n) is 8.50. The average molecular weight is 468 g/mol. The van der Waals surface area contributed by atoms with Crippen LogP contribution in [0.1, 0.15) is 90.9 Å². The van der Waals surface area contributed by atoms with Crippen molar-refractivity contribution in [2.75, 3.05) is 12.8 Å². The van der Waals surface area contributed by atoms with E-state index in [-0.39, 0.29) is 0 Å². The fourth-order valence-electron chi connectivity index (χ4n) is 6.97. The summed E-state index contributed by atoms with van der Waals surface area (Å²) in [6, 6.07) is 0. The molecule has 0 bridgehead atoms. The van der Waals surface area contributed by atoms with Crippen molar-refractivity contribution in [3.05, 3.63) is 23.3 Å². The van der Waals surface area contributed by atoms with Gasteiger partial charge in [-0.3, -0.25) is 0 Å². The summed E-state index contributed by atoms with van der Waals surface area (Å²) in [5, 5.41) is 20.0. The Bertz CT molecular complexity index is 778. The maximum Gasteiger partial charge on any atom is 0.208 e. The normalized spacial score (nSPS) is 35.7. The highest BCUT2D eigenvalue weighted by Crippen LogP contribution is 2.59. The average Bonchev–Trinajstić information content (AvgIpc) is 3.05. The van der Waals surface area contributed by atoms with Crippen LogP contribution in [0.4, 0.5) is 0 Å². The van der Waals surface area contributed by atoms with E-state index in [0.717, 1.165) is 18.8 Å². The number of aliphatic hydroxyl groups is 2. The number of aliphatic hydroxyl groups excluding tert-OH is 2. The van der Waals surface area contributed by atoms with Crippen molar-refractivity contribution in [2.45, 2.75) is 103 Å². The number of unbranched alkanes of at least 4 members (excludes halogenated alkanes) is 2. The van der Waals surface area contributed by atoms with E-state index in [1.807, 2.05) is 0 Å². The summed E-state index contributed by atoms with van der Waals surface area (Å²) < 4.78 is 24.9. The molecule has 0 aromatic rings. The molecule has 6 heteroatoms. The van der Waals surface area contributed by atoms with E-state index in [9.17, 15) is 18.6 Å². The molecular formula is C26H45NO4S. The van der Waals surface area contributed by atoms with E-state index in [4.69, 9.17) is 0 Å². The summed E-state index contributed by atoms with van der Waals surface area (Å²) in [4.78, 5) is 0. The first-order valence-corrected chi connectivity index (χ1v) is 14.7. The van der Waals surface area contributed by atoms with Gasteiger partial charge in [0, 0.05) is 6.54 Å². The molecule has 3 N–H and O–H groups in total. The fourth-order valence-corrected chi connectivity index (χ4v) is 7.49. The van der Waals surface area contributed by atoms with Gasteiger partial charge in [-0.2, -0.15) is 0 Å². The Morgan fingerprint density at radius 2 is 1.84 bits per heavy atom. The summed E-state index contributed by atoms with van der Waals surface area (Å²) in [6.07, 6.45) is 17.6. The van der Waals surface area contributed by atoms with E-state index >= 15 is 0 Å². The Morgan fingerprint density at radius 1 is 1.12 bits per heavy atom. The molecule has 0 unspecified atom stereocenters. The molecule has 0 heterocycles. The molecule has 3 saturated carbocycles. The molecule has 3 rings (SSSR count). The lowest BCUT2D eigenvalue weighted by molar-refractivity contribution is 0.0609. The zero-order chi connectivity index (χ0) is 23.4. The number of rotatable bonds is 9. The second-order valence-electron chi connectivity index (χ2n) is 11.1. The third-order valence-corrected chi connectivity index (χ3v) is 9.23. The second-order valence-corrected chi connectivity index (χ2v) is 12.9. The molecule has 0 aliphatic heterocycles. The van der Waals surface area contributed by atoms with Crippen molar-refractivity contribution < 1.29 is 18.6 Å². The van der Waals surface area contributed by atoms with Gasteiger partial charge < -0.3 is 10.2 Å². The summed E-state index contributed by atoms with van der Waals surface area (Å²) in [5.74, 6) is 2.13. The highest BCUT2D eigenvalue weighted by Gasteiger charge is 2.50. The molecular weight excluding hydrogens is 422 g/mol. The fraction of sp³-hybridized carbons (Fsp3) is 0.846. The van der Waals surface area contributed by atoms with Crippen LogP contribution in [0, 0.1) is 23.2 Å². The van der Waals surface area contributed by atoms with Crippen LogP contribution < -0.4 is 4.72 Å². The molecule has 3 fully saturated rings. The Kier molecular flexibility index (Phi) is 9.04. The lowest BCUT2D eigenvalue weighted by Crippen LogP contribution is -2.36. The highest BCUT2D eigenvalue weighted by molar-refractivity contribution is 7.88. The second kappa shape index (κ2) is 11.2. The highest BCUT2D eigenvalue weighted by atomic mass is 32.2. The van der Waals surface area contributed by atoms with Crippen LogP contribution in [0.5, 0.6) is 0 Å². The minimum Gasteiger partial charge on any atom is -0.393 e. The van der Waals surface area contributed by atoms with Crippen molar-refractivity contribution in [2.24, 2.45) is 23.2 Å². The molecule has 0 radical (unpaired) electrons. The van der Waals surface area contributed by atoms with Crippen LogP contribution in [0.25, 0.3) is 0 Å². The van der Waals surface area contributed by atoms with Gasteiger partial charge in [0.2, 0.25) is 10.0 Å². The molecule has 0 saturated heterocycles. The Morgan fingerprint density at radius 3 is 2.53 bits per heavy atom. The molecule has 0 amide bonds. The largest absolute Gasteiger partial charge is 0.393 e. The number of sulfonamides is 1. The summed E-state index contributed by atoms with van der Waals surface area (Å²) in [5.41, 5.74) is 3.15. The zero-order valence-corrected chi connectivity index (χ0v) is 21.2. The third kappa shape index (κ3) is 6.91. The van der Waals surface area contributed by atoms with Crippen molar-refractivity contribution in [3.63, 3.8) is 0 Å². The summed E-state index contributed by atoms with van der Waals surface area (Å²) >= 11 is 0. The predicted molar refractivity (Wildman–Crippen MR) is 131 cm³/mol. The van der Waals surface area contributed by atoms with E-state index in [1.165, 1.54) is 56.8 Å². The van der Waals surface area contributed by atoms with Crippen LogP contribution in [0.15, 0.2) is 23.3 Å². The monoisotopic (exact) mass is 467 g/mol. The Labute approximate surface area is 195 Å². The number of allylic oxidation sites excluding steroid dienone is 3. The number of fused-ring (bicyclic) bond motifs is 1. The SMILES string of the molecule is C[C@H](CCCCCNS(C)(=O)=O)[C@H]1CC[C@H]2/C(=C/C=C3C[C@@H](O)C[C@H](O)C3)CCC[C@]12C. The molecule has 3 aliphatic rings. The van der Waals surface area contributed by atoms with Crippen LogP contribution in [-0.2, 0) is 10.0 Å². The van der Waals surface area contributed by atoms with Gasteiger partial charge in [-0.1, -0.05) is 56.4 Å². The molecule has 32 heavy (non-hydrogen) atoms. The molecule has 3 aliphatic carbocycles. The van der Waals surface area contributed by atoms with Gasteiger partial charge >= 0.3 is 0 Å². The maximum absolute atomic E-state index is 11.2. The topological polar surface area (TPSA) is 86.6 Å². The first kappa shape index (κ1) is 25.9. The van der Waals surface area contributed by atoms with Crippen LogP contribution in [0.2, 0.25) is 0 Å². The van der Waals surface area contributed by atoms with Crippen LogP contribution in [0.3, 0.4) is 0 Å². The number of nitrogens with one attached hydrogen (secondary N) is 1. The molecule has 0 aromatic carbocycles. The van der Waals surface area contributed by atoms with Crippen LogP contribution in [-0.4, -0.2) is 43.6 Å². The van der Waals surface area contributed by atoms with Crippen molar-refractivity contribution >= 4 is 10.0 Å². The Hall–Kier alpha value is -0.690. The molecule has 5 nitrogen and oxygen atoms in total. The molecule has 0 spiro atoms. The molecule has 184 valence electrons. The first-order chi connectivity index (χ1) is 15.1. The molecule has 6 atom stereocenters. The Balaban J connectivity index is 1.54. The lowest BCUT2D eigenvalue weighted by Gasteiger charge is -2.44. The quantitative estimate of drug-likeness (QED) is 0.429. The van der Waals surface area contributed by atoms with Gasteiger partial charge in [-0.15, -0.1) is 0 Å². The van der Waals surface area contributed by atoms with Crippen molar-refractivity contribution in [1.29, 1.82) is 0 Å². The smallest absolute Gasteiger partial charge is 0.208 e. The maximum atomic E-state index is 11.2. The van der Waals surface area contributed by atoms with E-state index < -0.39 is 22.2 Å². The van der Waals surface area contributed by atoms with Gasteiger partial charge in [-0.25, -0.2) is 13.1 Å². The van der Waals surface area contributed by atoms with Gasteiger partial charge in [0.1, 0.15) is 0 Å². The zero-order valence-electron chi connectivity index (χ0n) is 20.4. The standard InChI is InChI=1S/C26H45NO4S/c1-19(8-5-4-6-15-27-32(3,30)31)24-12-13-25-21(9-7-14-26(24,25)2)11-10-20-16-22(28)18-23(29)17-20/h10-11,19,22-25,27-29H,4-9,12-18H2,1-3H3/b21-11+/t19-,22-,23-,24-,25+,26-/m1/s1. The van der Waals surface area contributed by atoms with Crippen molar-refractivity contribution in [3.8, 4) is 0 Å². The van der Waals surface area contributed by atoms with Crippen LogP contribution >= 0.6 is 0 Å². The van der Waals surface area contributed by atoms with Gasteiger partial charge in [0.15, 0.2) is 0 Å². The van der Waals surface area contributed by atoms with E-state index in [2.05, 4.69) is 30.7 Å². The van der Waals surface area contributed by atoms with Crippen molar-refractivity contribution in [1.82, 2.24) is 4.72 Å².